The Morgan fingerprint density at radius 3 is 2.41 bits per heavy atom. The predicted octanol–water partition coefficient (Wildman–Crippen LogP) is 2.98. The monoisotopic (exact) mass is 234 g/mol. The number of nitrogens with zero attached hydrogens (tertiary/aromatic N) is 1. The topological polar surface area (TPSA) is 29.3 Å². The number of benzene rings is 1. The van der Waals surface area contributed by atoms with Crippen molar-refractivity contribution in [2.24, 2.45) is 5.73 Å². The Morgan fingerprint density at radius 1 is 1.18 bits per heavy atom. The van der Waals surface area contributed by atoms with Crippen molar-refractivity contribution in [1.82, 2.24) is 4.90 Å². The molecular formula is C15H26N2. The molecule has 0 radical (unpaired) electrons. The van der Waals surface area contributed by atoms with Gasteiger partial charge in [0.25, 0.3) is 0 Å². The third-order valence-corrected chi connectivity index (χ3v) is 3.47. The average Bonchev–Trinajstić information content (AvgIpc) is 2.36. The molecule has 2 heteroatoms. The van der Waals surface area contributed by atoms with Crippen LogP contribution in [0.25, 0.3) is 0 Å². The molecule has 0 amide bonds. The van der Waals surface area contributed by atoms with Crippen molar-refractivity contribution in [1.29, 1.82) is 0 Å². The summed E-state index contributed by atoms with van der Waals surface area (Å²) in [6.45, 7) is 10.7. The number of hydrogen-bond donors (Lipinski definition) is 1. The van der Waals surface area contributed by atoms with E-state index in [0.717, 1.165) is 32.6 Å². The fourth-order valence-electron chi connectivity index (χ4n) is 2.25. The van der Waals surface area contributed by atoms with Gasteiger partial charge >= 0.3 is 0 Å². The van der Waals surface area contributed by atoms with E-state index in [0.29, 0.717) is 5.92 Å². The molecule has 0 saturated heterocycles. The standard InChI is InChI=1S/C15H26N2/c1-4-17(5-2)12-14-8-6-7-9-15(14)13(3)10-11-16/h6-9,13H,4-5,10-12,16H2,1-3H3. The molecule has 2 N–H and O–H groups in total. The zero-order valence-corrected chi connectivity index (χ0v) is 11.4. The summed E-state index contributed by atoms with van der Waals surface area (Å²) < 4.78 is 0. The quantitative estimate of drug-likeness (QED) is 0.786. The van der Waals surface area contributed by atoms with Crippen molar-refractivity contribution in [2.75, 3.05) is 19.6 Å². The minimum absolute atomic E-state index is 0.562. The molecule has 0 fully saturated rings. The second-order valence-corrected chi connectivity index (χ2v) is 4.64. The van der Waals surface area contributed by atoms with E-state index in [9.17, 15) is 0 Å². The van der Waals surface area contributed by atoms with Crippen LogP contribution < -0.4 is 5.73 Å². The molecule has 2 nitrogen and oxygen atoms in total. The van der Waals surface area contributed by atoms with Gasteiger partial charge in [0.05, 0.1) is 0 Å². The van der Waals surface area contributed by atoms with Crippen LogP contribution in [-0.2, 0) is 6.54 Å². The molecule has 1 aromatic rings. The van der Waals surface area contributed by atoms with Crippen LogP contribution in [0.2, 0.25) is 0 Å². The Morgan fingerprint density at radius 2 is 1.82 bits per heavy atom. The van der Waals surface area contributed by atoms with Gasteiger partial charge in [0.15, 0.2) is 0 Å². The molecule has 17 heavy (non-hydrogen) atoms. The van der Waals surface area contributed by atoms with Crippen molar-refractivity contribution in [2.45, 2.75) is 39.7 Å². The maximum absolute atomic E-state index is 5.66. The second kappa shape index (κ2) is 7.46. The molecule has 0 saturated carbocycles. The maximum Gasteiger partial charge on any atom is 0.0236 e. The number of nitrogens with two attached hydrogens (primary N) is 1. The summed E-state index contributed by atoms with van der Waals surface area (Å²) in [5, 5.41) is 0. The first kappa shape index (κ1) is 14.2. The van der Waals surface area contributed by atoms with Gasteiger partial charge in [-0.25, -0.2) is 0 Å². The third kappa shape index (κ3) is 4.14. The van der Waals surface area contributed by atoms with E-state index >= 15 is 0 Å². The van der Waals surface area contributed by atoms with Crippen LogP contribution in [-0.4, -0.2) is 24.5 Å². The van der Waals surface area contributed by atoms with Crippen molar-refractivity contribution in [3.8, 4) is 0 Å². The SMILES string of the molecule is CCN(CC)Cc1ccccc1C(C)CCN. The van der Waals surface area contributed by atoms with Crippen molar-refractivity contribution < 1.29 is 0 Å². The first-order chi connectivity index (χ1) is 8.22. The van der Waals surface area contributed by atoms with Gasteiger partial charge in [-0.3, -0.25) is 4.90 Å². The van der Waals surface area contributed by atoms with Crippen LogP contribution in [0.4, 0.5) is 0 Å². The van der Waals surface area contributed by atoms with E-state index in [1.165, 1.54) is 11.1 Å². The summed E-state index contributed by atoms with van der Waals surface area (Å²) in [5.41, 5.74) is 8.58. The minimum atomic E-state index is 0.562. The summed E-state index contributed by atoms with van der Waals surface area (Å²) in [7, 11) is 0. The molecule has 0 heterocycles. The summed E-state index contributed by atoms with van der Waals surface area (Å²) in [4.78, 5) is 2.45. The average molecular weight is 234 g/mol. The molecule has 1 unspecified atom stereocenters. The Hall–Kier alpha value is -0.860. The molecule has 0 aromatic heterocycles. The van der Waals surface area contributed by atoms with Gasteiger partial charge in [0.1, 0.15) is 0 Å². The van der Waals surface area contributed by atoms with Crippen LogP contribution in [0.1, 0.15) is 44.2 Å². The van der Waals surface area contributed by atoms with Crippen LogP contribution >= 0.6 is 0 Å². The lowest BCUT2D eigenvalue weighted by atomic mass is 9.93. The van der Waals surface area contributed by atoms with E-state index in [2.05, 4.69) is 49.9 Å². The highest BCUT2D eigenvalue weighted by atomic mass is 15.1. The third-order valence-electron chi connectivity index (χ3n) is 3.47. The second-order valence-electron chi connectivity index (χ2n) is 4.64. The molecule has 0 aliphatic rings. The fraction of sp³-hybridized carbons (Fsp3) is 0.600. The highest BCUT2D eigenvalue weighted by molar-refractivity contribution is 5.30. The lowest BCUT2D eigenvalue weighted by Gasteiger charge is -2.22. The first-order valence-corrected chi connectivity index (χ1v) is 6.73. The lowest BCUT2D eigenvalue weighted by Crippen LogP contribution is -2.23. The summed E-state index contributed by atoms with van der Waals surface area (Å²) >= 11 is 0. The summed E-state index contributed by atoms with van der Waals surface area (Å²) in [6.07, 6.45) is 1.06. The smallest absolute Gasteiger partial charge is 0.0236 e. The van der Waals surface area contributed by atoms with E-state index in [-0.39, 0.29) is 0 Å². The Balaban J connectivity index is 2.83. The Bertz CT molecular complexity index is 318. The fourth-order valence-corrected chi connectivity index (χ4v) is 2.25. The molecule has 0 aliphatic heterocycles. The number of hydrogen-bond acceptors (Lipinski definition) is 2. The van der Waals surface area contributed by atoms with Gasteiger partial charge in [-0.05, 0) is 43.1 Å². The summed E-state index contributed by atoms with van der Waals surface area (Å²) in [6, 6.07) is 8.77. The van der Waals surface area contributed by atoms with Crippen LogP contribution in [0, 0.1) is 0 Å². The largest absolute Gasteiger partial charge is 0.330 e. The molecule has 0 spiro atoms. The Labute approximate surface area is 106 Å². The number of rotatable bonds is 7. The molecule has 1 aromatic carbocycles. The summed E-state index contributed by atoms with van der Waals surface area (Å²) in [5.74, 6) is 0.562. The zero-order chi connectivity index (χ0) is 12.7. The highest BCUT2D eigenvalue weighted by Crippen LogP contribution is 2.23. The maximum atomic E-state index is 5.66. The van der Waals surface area contributed by atoms with Crippen molar-refractivity contribution in [3.05, 3.63) is 35.4 Å². The predicted molar refractivity (Wildman–Crippen MR) is 75.2 cm³/mol. The highest BCUT2D eigenvalue weighted by Gasteiger charge is 2.11. The molecule has 0 bridgehead atoms. The molecule has 1 rings (SSSR count). The van der Waals surface area contributed by atoms with Gasteiger partial charge in [-0.15, -0.1) is 0 Å². The van der Waals surface area contributed by atoms with Gasteiger partial charge < -0.3 is 5.73 Å². The van der Waals surface area contributed by atoms with E-state index < -0.39 is 0 Å². The van der Waals surface area contributed by atoms with Crippen molar-refractivity contribution >= 4 is 0 Å². The molecule has 0 aliphatic carbocycles. The van der Waals surface area contributed by atoms with Gasteiger partial charge in [-0.2, -0.15) is 0 Å². The first-order valence-electron chi connectivity index (χ1n) is 6.73. The van der Waals surface area contributed by atoms with Gasteiger partial charge in [0, 0.05) is 6.54 Å². The van der Waals surface area contributed by atoms with Crippen molar-refractivity contribution in [3.63, 3.8) is 0 Å². The van der Waals surface area contributed by atoms with Crippen LogP contribution in [0.3, 0.4) is 0 Å². The molecule has 96 valence electrons. The lowest BCUT2D eigenvalue weighted by molar-refractivity contribution is 0.294. The van der Waals surface area contributed by atoms with Gasteiger partial charge in [-0.1, -0.05) is 45.0 Å². The van der Waals surface area contributed by atoms with E-state index in [1.54, 1.807) is 0 Å². The molecule has 1 atom stereocenters. The minimum Gasteiger partial charge on any atom is -0.330 e. The van der Waals surface area contributed by atoms with Crippen LogP contribution in [0.5, 0.6) is 0 Å². The molecular weight excluding hydrogens is 208 g/mol. The Kier molecular flexibility index (Phi) is 6.23. The normalized spacial score (nSPS) is 13.0. The zero-order valence-electron chi connectivity index (χ0n) is 11.4. The van der Waals surface area contributed by atoms with Gasteiger partial charge in [0.2, 0.25) is 0 Å². The van der Waals surface area contributed by atoms with E-state index in [1.807, 2.05) is 0 Å². The van der Waals surface area contributed by atoms with Crippen LogP contribution in [0.15, 0.2) is 24.3 Å². The van der Waals surface area contributed by atoms with E-state index in [4.69, 9.17) is 5.73 Å².